The van der Waals surface area contributed by atoms with E-state index >= 15 is 0 Å². The van der Waals surface area contributed by atoms with Gasteiger partial charge >= 0.3 is 0 Å². The minimum absolute atomic E-state index is 0.373. The summed E-state index contributed by atoms with van der Waals surface area (Å²) in [7, 11) is 2.97. The summed E-state index contributed by atoms with van der Waals surface area (Å²) < 4.78 is 10.9. The van der Waals surface area contributed by atoms with Crippen molar-refractivity contribution in [2.24, 2.45) is 5.73 Å². The Hall–Kier alpha value is -0.820. The average Bonchev–Trinajstić information content (AvgIpc) is 2.27. The molecule has 0 bridgehead atoms. The summed E-state index contributed by atoms with van der Waals surface area (Å²) in [6.45, 7) is 0. The second-order valence-corrected chi connectivity index (χ2v) is 4.02. The van der Waals surface area contributed by atoms with Gasteiger partial charge in [-0.1, -0.05) is 0 Å². The molecular weight excluding hydrogens is 278 g/mol. The van der Waals surface area contributed by atoms with Crippen molar-refractivity contribution >= 4 is 15.9 Å². The molecule has 0 aliphatic heterocycles. The van der Waals surface area contributed by atoms with Gasteiger partial charge in [-0.15, -0.1) is 0 Å². The maximum Gasteiger partial charge on any atom is 0.133 e. The van der Waals surface area contributed by atoms with Crippen LogP contribution >= 0.6 is 15.9 Å². The van der Waals surface area contributed by atoms with Crippen LogP contribution in [0.4, 0.5) is 0 Å². The van der Waals surface area contributed by atoms with Crippen molar-refractivity contribution in [1.82, 2.24) is 0 Å². The lowest BCUT2D eigenvalue weighted by Gasteiger charge is -2.18. The van der Waals surface area contributed by atoms with Crippen LogP contribution in [0, 0.1) is 0 Å². The van der Waals surface area contributed by atoms with Crippen molar-refractivity contribution in [2.75, 3.05) is 14.2 Å². The fourth-order valence-corrected chi connectivity index (χ4v) is 1.78. The number of methoxy groups -OCH3 is 2. The molecule has 2 unspecified atom stereocenters. The lowest BCUT2D eigenvalue weighted by molar-refractivity contribution is 0.0212. The Balaban J connectivity index is 3.24. The molecule has 0 fully saturated rings. The predicted molar refractivity (Wildman–Crippen MR) is 62.4 cm³/mol. The van der Waals surface area contributed by atoms with E-state index < -0.39 is 12.3 Å². The summed E-state index contributed by atoms with van der Waals surface area (Å²) in [4.78, 5) is 0. The number of rotatable bonds is 4. The zero-order chi connectivity index (χ0) is 12.3. The highest BCUT2D eigenvalue weighted by Gasteiger charge is 2.20. The van der Waals surface area contributed by atoms with Gasteiger partial charge < -0.3 is 25.4 Å². The fourth-order valence-electron chi connectivity index (χ4n) is 1.30. The van der Waals surface area contributed by atoms with Crippen LogP contribution in [-0.4, -0.2) is 30.7 Å². The number of hydrogen-bond donors (Lipinski definition) is 3. The molecule has 6 heteroatoms. The molecular formula is C10H14BrNO4. The standard InChI is InChI=1S/C10H14BrNO4/c1-15-7-4-6(11)8(16-2)3-5(7)9(13)10(12)14/h3-4,9-10,13-14H,12H2,1-2H3. The summed E-state index contributed by atoms with van der Waals surface area (Å²) >= 11 is 3.29. The third-order valence-electron chi connectivity index (χ3n) is 2.15. The Labute approximate surface area is 102 Å². The molecule has 0 aliphatic rings. The molecule has 0 amide bonds. The Morgan fingerprint density at radius 3 is 2.19 bits per heavy atom. The normalized spacial score (nSPS) is 14.4. The maximum atomic E-state index is 9.69. The summed E-state index contributed by atoms with van der Waals surface area (Å²) in [6.07, 6.45) is -2.60. The van der Waals surface area contributed by atoms with Crippen LogP contribution in [0.15, 0.2) is 16.6 Å². The largest absolute Gasteiger partial charge is 0.496 e. The second-order valence-electron chi connectivity index (χ2n) is 3.16. The Kier molecular flexibility index (Phi) is 4.55. The van der Waals surface area contributed by atoms with Gasteiger partial charge in [-0.05, 0) is 28.1 Å². The van der Waals surface area contributed by atoms with E-state index in [0.29, 0.717) is 21.5 Å². The summed E-state index contributed by atoms with van der Waals surface area (Å²) in [5.41, 5.74) is 5.59. The monoisotopic (exact) mass is 291 g/mol. The third-order valence-corrected chi connectivity index (χ3v) is 2.77. The van der Waals surface area contributed by atoms with Gasteiger partial charge in [-0.25, -0.2) is 0 Å². The number of hydrogen-bond acceptors (Lipinski definition) is 5. The van der Waals surface area contributed by atoms with Crippen LogP contribution < -0.4 is 15.2 Å². The van der Waals surface area contributed by atoms with Crippen molar-refractivity contribution in [2.45, 2.75) is 12.3 Å². The van der Waals surface area contributed by atoms with Gasteiger partial charge in [0.2, 0.25) is 0 Å². The molecule has 0 heterocycles. The molecule has 2 atom stereocenters. The van der Waals surface area contributed by atoms with Gasteiger partial charge in [-0.3, -0.25) is 0 Å². The van der Waals surface area contributed by atoms with Crippen LogP contribution in [0.25, 0.3) is 0 Å². The molecule has 0 aliphatic carbocycles. The number of aliphatic hydroxyl groups is 2. The lowest BCUT2D eigenvalue weighted by Crippen LogP contribution is -2.27. The molecule has 0 radical (unpaired) electrons. The van der Waals surface area contributed by atoms with Crippen LogP contribution in [-0.2, 0) is 0 Å². The molecule has 0 saturated carbocycles. The van der Waals surface area contributed by atoms with E-state index in [4.69, 9.17) is 20.3 Å². The van der Waals surface area contributed by atoms with E-state index in [0.717, 1.165) is 0 Å². The number of ether oxygens (including phenoxy) is 2. The van der Waals surface area contributed by atoms with Crippen LogP contribution in [0.2, 0.25) is 0 Å². The first-order chi connectivity index (χ1) is 7.51. The SMILES string of the molecule is COc1cc(C(O)C(N)O)c(OC)cc1Br. The summed E-state index contributed by atoms with van der Waals surface area (Å²) in [6, 6.07) is 3.20. The van der Waals surface area contributed by atoms with Gasteiger partial charge in [0.15, 0.2) is 0 Å². The first kappa shape index (κ1) is 13.2. The van der Waals surface area contributed by atoms with Gasteiger partial charge in [0, 0.05) is 5.56 Å². The molecule has 16 heavy (non-hydrogen) atoms. The van der Waals surface area contributed by atoms with Crippen molar-refractivity contribution in [1.29, 1.82) is 0 Å². The Morgan fingerprint density at radius 2 is 1.75 bits per heavy atom. The van der Waals surface area contributed by atoms with Gasteiger partial charge in [0.1, 0.15) is 23.8 Å². The lowest BCUT2D eigenvalue weighted by atomic mass is 10.1. The zero-order valence-electron chi connectivity index (χ0n) is 8.98. The number of aliphatic hydroxyl groups excluding tert-OH is 2. The number of benzene rings is 1. The zero-order valence-corrected chi connectivity index (χ0v) is 10.6. The molecule has 0 aromatic heterocycles. The second kappa shape index (κ2) is 5.49. The van der Waals surface area contributed by atoms with Crippen LogP contribution in [0.5, 0.6) is 11.5 Å². The molecule has 4 N–H and O–H groups in total. The minimum Gasteiger partial charge on any atom is -0.496 e. The quantitative estimate of drug-likeness (QED) is 0.714. The highest BCUT2D eigenvalue weighted by Crippen LogP contribution is 2.36. The molecule has 1 rings (SSSR count). The number of halogens is 1. The van der Waals surface area contributed by atoms with Crippen LogP contribution in [0.1, 0.15) is 11.7 Å². The Bertz CT molecular complexity index is 370. The van der Waals surface area contributed by atoms with Crippen molar-refractivity contribution in [3.8, 4) is 11.5 Å². The number of nitrogens with two attached hydrogens (primary N) is 1. The van der Waals surface area contributed by atoms with Crippen molar-refractivity contribution < 1.29 is 19.7 Å². The third kappa shape index (κ3) is 2.65. The molecule has 1 aromatic rings. The van der Waals surface area contributed by atoms with Gasteiger partial charge in [0.05, 0.1) is 18.7 Å². The van der Waals surface area contributed by atoms with E-state index in [2.05, 4.69) is 15.9 Å². The van der Waals surface area contributed by atoms with Gasteiger partial charge in [0.25, 0.3) is 0 Å². The summed E-state index contributed by atoms with van der Waals surface area (Å²) in [5.74, 6) is 0.945. The molecule has 0 spiro atoms. The molecule has 1 aromatic carbocycles. The highest BCUT2D eigenvalue weighted by atomic mass is 79.9. The smallest absolute Gasteiger partial charge is 0.133 e. The first-order valence-electron chi connectivity index (χ1n) is 4.54. The topological polar surface area (TPSA) is 84.9 Å². The fraction of sp³-hybridized carbons (Fsp3) is 0.400. The Morgan fingerprint density at radius 1 is 1.19 bits per heavy atom. The van der Waals surface area contributed by atoms with Crippen molar-refractivity contribution in [3.63, 3.8) is 0 Å². The van der Waals surface area contributed by atoms with Crippen molar-refractivity contribution in [3.05, 3.63) is 22.2 Å². The van der Waals surface area contributed by atoms with E-state index in [1.54, 1.807) is 12.1 Å². The molecule has 0 saturated heterocycles. The minimum atomic E-state index is -1.38. The first-order valence-corrected chi connectivity index (χ1v) is 5.33. The van der Waals surface area contributed by atoms with Gasteiger partial charge in [-0.2, -0.15) is 0 Å². The van der Waals surface area contributed by atoms with E-state index in [9.17, 15) is 5.11 Å². The summed E-state index contributed by atoms with van der Waals surface area (Å²) in [5, 5.41) is 18.8. The van der Waals surface area contributed by atoms with E-state index in [-0.39, 0.29) is 0 Å². The predicted octanol–water partition coefficient (Wildman–Crippen LogP) is 0.777. The van der Waals surface area contributed by atoms with Crippen LogP contribution in [0.3, 0.4) is 0 Å². The molecule has 5 nitrogen and oxygen atoms in total. The highest BCUT2D eigenvalue weighted by molar-refractivity contribution is 9.10. The van der Waals surface area contributed by atoms with E-state index in [1.165, 1.54) is 14.2 Å². The van der Waals surface area contributed by atoms with E-state index in [1.807, 2.05) is 0 Å². The molecule has 90 valence electrons. The maximum absolute atomic E-state index is 9.69. The average molecular weight is 292 g/mol.